The maximum absolute atomic E-state index is 15.0. The molecule has 2 bridgehead atoms. The van der Waals surface area contributed by atoms with E-state index in [1.54, 1.807) is 0 Å². The van der Waals surface area contributed by atoms with Gasteiger partial charge in [0.1, 0.15) is 11.9 Å². The van der Waals surface area contributed by atoms with Gasteiger partial charge in [0.25, 0.3) is 11.8 Å². The Morgan fingerprint density at radius 3 is 2.19 bits per heavy atom. The third kappa shape index (κ3) is 2.97. The number of hydrogen-bond donors (Lipinski definition) is 1. The first-order valence-electron chi connectivity index (χ1n) is 10.6. The van der Waals surface area contributed by atoms with Crippen molar-refractivity contribution in [3.05, 3.63) is 29.1 Å². The lowest BCUT2D eigenvalue weighted by Gasteiger charge is -2.61. The maximum Gasteiger partial charge on any atom is 0.262 e. The van der Waals surface area contributed by atoms with E-state index < -0.39 is 35.5 Å². The van der Waals surface area contributed by atoms with Crippen LogP contribution in [0.2, 0.25) is 0 Å². The van der Waals surface area contributed by atoms with Gasteiger partial charge in [-0.25, -0.2) is 4.39 Å². The minimum absolute atomic E-state index is 0.0329. The minimum Gasteiger partial charge on any atom is -0.366 e. The molecule has 5 aliphatic rings. The first-order chi connectivity index (χ1) is 14.6. The molecule has 1 aromatic carbocycles. The van der Waals surface area contributed by atoms with Gasteiger partial charge >= 0.3 is 0 Å². The summed E-state index contributed by atoms with van der Waals surface area (Å²) in [4.78, 5) is 54.8. The highest BCUT2D eigenvalue weighted by molar-refractivity contribution is 6.23. The van der Waals surface area contributed by atoms with Crippen molar-refractivity contribution in [3.63, 3.8) is 0 Å². The molecule has 0 spiro atoms. The van der Waals surface area contributed by atoms with Crippen LogP contribution in [0.1, 0.15) is 60.7 Å². The number of anilines is 1. The molecule has 4 amide bonds. The minimum atomic E-state index is -1.06. The summed E-state index contributed by atoms with van der Waals surface area (Å²) < 4.78 is 15.0. The van der Waals surface area contributed by atoms with Gasteiger partial charge in [0, 0.05) is 37.1 Å². The lowest BCUT2D eigenvalue weighted by atomic mass is 9.82. The second-order valence-corrected chi connectivity index (χ2v) is 9.82. The van der Waals surface area contributed by atoms with E-state index >= 15 is 4.39 Å². The van der Waals surface area contributed by atoms with Crippen molar-refractivity contribution in [3.8, 4) is 0 Å². The van der Waals surface area contributed by atoms with Crippen molar-refractivity contribution in [1.82, 2.24) is 15.1 Å². The zero-order valence-corrected chi connectivity index (χ0v) is 17.8. The van der Waals surface area contributed by atoms with Crippen LogP contribution in [0.25, 0.3) is 0 Å². The van der Waals surface area contributed by atoms with Crippen LogP contribution in [0.5, 0.6) is 0 Å². The van der Waals surface area contributed by atoms with Crippen molar-refractivity contribution in [1.29, 1.82) is 0 Å². The van der Waals surface area contributed by atoms with E-state index in [1.165, 1.54) is 6.07 Å². The van der Waals surface area contributed by atoms with Gasteiger partial charge < -0.3 is 4.90 Å². The van der Waals surface area contributed by atoms with Crippen molar-refractivity contribution in [2.45, 2.75) is 63.7 Å². The highest BCUT2D eigenvalue weighted by Gasteiger charge is 2.50. The molecule has 8 nitrogen and oxygen atoms in total. The summed E-state index contributed by atoms with van der Waals surface area (Å²) in [7, 11) is 0. The predicted molar refractivity (Wildman–Crippen MR) is 109 cm³/mol. The van der Waals surface area contributed by atoms with Gasteiger partial charge in [0.2, 0.25) is 11.8 Å². The molecule has 5 heterocycles. The second kappa shape index (κ2) is 6.59. The molecule has 1 N–H and O–H groups in total. The zero-order chi connectivity index (χ0) is 22.2. The van der Waals surface area contributed by atoms with Gasteiger partial charge in [-0.15, -0.1) is 0 Å². The number of piperidine rings is 2. The number of amides is 4. The monoisotopic (exact) mass is 428 g/mol. The first-order valence-corrected chi connectivity index (χ1v) is 10.6. The number of imide groups is 2. The predicted octanol–water partition coefficient (Wildman–Crippen LogP) is 1.29. The van der Waals surface area contributed by atoms with Gasteiger partial charge in [-0.1, -0.05) is 0 Å². The quantitative estimate of drug-likeness (QED) is 0.714. The molecule has 0 aliphatic carbocycles. The van der Waals surface area contributed by atoms with Gasteiger partial charge in [-0.2, -0.15) is 0 Å². The number of hydrogen-bond acceptors (Lipinski definition) is 6. The molecular formula is C22H25FN4O4. The van der Waals surface area contributed by atoms with E-state index in [0.717, 1.165) is 17.4 Å². The fourth-order valence-corrected chi connectivity index (χ4v) is 5.62. The molecular weight excluding hydrogens is 403 g/mol. The van der Waals surface area contributed by atoms with E-state index in [0.29, 0.717) is 30.9 Å². The van der Waals surface area contributed by atoms with E-state index in [2.05, 4.69) is 31.0 Å². The summed E-state index contributed by atoms with van der Waals surface area (Å²) in [6, 6.07) is 2.15. The lowest BCUT2D eigenvalue weighted by Crippen LogP contribution is -2.73. The number of piperazine rings is 1. The van der Waals surface area contributed by atoms with Crippen LogP contribution in [0.3, 0.4) is 0 Å². The normalized spacial score (nSPS) is 28.6. The van der Waals surface area contributed by atoms with Crippen molar-refractivity contribution < 1.29 is 23.6 Å². The number of carbonyl (C=O) groups excluding carboxylic acids is 4. The smallest absolute Gasteiger partial charge is 0.262 e. The average Bonchev–Trinajstić information content (AvgIpc) is 2.90. The maximum atomic E-state index is 15.0. The van der Waals surface area contributed by atoms with E-state index in [-0.39, 0.29) is 29.5 Å². The Balaban J connectivity index is 1.42. The van der Waals surface area contributed by atoms with Crippen LogP contribution < -0.4 is 10.2 Å². The van der Waals surface area contributed by atoms with Crippen molar-refractivity contribution >= 4 is 29.3 Å². The molecule has 164 valence electrons. The first kappa shape index (κ1) is 20.1. The summed E-state index contributed by atoms with van der Waals surface area (Å²) in [5, 5.41) is 2.16. The fourth-order valence-electron chi connectivity index (χ4n) is 5.62. The van der Waals surface area contributed by atoms with E-state index in [1.807, 2.05) is 4.90 Å². The van der Waals surface area contributed by atoms with Crippen molar-refractivity contribution in [2.24, 2.45) is 0 Å². The summed E-state index contributed by atoms with van der Waals surface area (Å²) in [6.07, 6.45) is 1.19. The third-order valence-electron chi connectivity index (χ3n) is 6.82. The summed E-state index contributed by atoms with van der Waals surface area (Å²) >= 11 is 0. The third-order valence-corrected chi connectivity index (χ3v) is 6.82. The van der Waals surface area contributed by atoms with E-state index in [9.17, 15) is 19.2 Å². The summed E-state index contributed by atoms with van der Waals surface area (Å²) in [5.41, 5.74) is 0.432. The molecule has 0 saturated carbocycles. The highest BCUT2D eigenvalue weighted by atomic mass is 19.1. The van der Waals surface area contributed by atoms with Crippen LogP contribution in [0, 0.1) is 5.82 Å². The molecule has 4 saturated heterocycles. The highest BCUT2D eigenvalue weighted by Crippen LogP contribution is 2.41. The molecule has 3 unspecified atom stereocenters. The number of rotatable bonds is 2. The van der Waals surface area contributed by atoms with Crippen molar-refractivity contribution in [2.75, 3.05) is 18.0 Å². The van der Waals surface area contributed by atoms with E-state index in [4.69, 9.17) is 0 Å². The number of nitrogens with one attached hydrogen (secondary N) is 1. The van der Waals surface area contributed by atoms with Crippen LogP contribution in [0.4, 0.5) is 10.1 Å². The Bertz CT molecular complexity index is 1020. The lowest BCUT2D eigenvalue weighted by molar-refractivity contribution is -0.136. The van der Waals surface area contributed by atoms with Gasteiger partial charge in [0.05, 0.1) is 16.8 Å². The number of benzene rings is 1. The number of carbonyl (C=O) groups is 4. The topological polar surface area (TPSA) is 90.0 Å². The standard InChI is InChI=1S/C22H25FN4O4/c1-22(2,3)27-11-6-12(27)10-25(9-11)17-8-14-13(7-15(17)23)20(30)26(21(14)31)16-4-5-18(28)24-19(16)29/h7-8,11-12,16H,4-6,9-10H2,1-3H3,(H,24,28,29). The van der Waals surface area contributed by atoms with Crippen LogP contribution in [0.15, 0.2) is 12.1 Å². The Morgan fingerprint density at radius 1 is 1.00 bits per heavy atom. The Morgan fingerprint density at radius 2 is 1.61 bits per heavy atom. The molecule has 0 aromatic heterocycles. The SMILES string of the molecule is CC(C)(C)N1C2CC1CN(c1cc3c(cc1F)C(=O)N(C1CCC(=O)NC1=O)C3=O)C2. The molecule has 9 heteroatoms. The van der Waals surface area contributed by atoms with Gasteiger partial charge in [0.15, 0.2) is 0 Å². The largest absolute Gasteiger partial charge is 0.366 e. The number of fused-ring (bicyclic) bond motifs is 3. The number of nitrogens with zero attached hydrogens (tertiary/aromatic N) is 3. The molecule has 6 rings (SSSR count). The molecule has 1 aromatic rings. The molecule has 31 heavy (non-hydrogen) atoms. The molecule has 5 aliphatic heterocycles. The van der Waals surface area contributed by atoms with Gasteiger partial charge in [-0.05, 0) is 45.7 Å². The van der Waals surface area contributed by atoms with Crippen LogP contribution in [-0.4, -0.2) is 70.2 Å². The summed E-state index contributed by atoms with van der Waals surface area (Å²) in [5.74, 6) is -2.97. The fraction of sp³-hybridized carbons (Fsp3) is 0.545. The average molecular weight is 428 g/mol. The molecule has 0 radical (unpaired) electrons. The number of halogens is 1. The Kier molecular flexibility index (Phi) is 4.28. The Hall–Kier alpha value is -2.81. The van der Waals surface area contributed by atoms with Gasteiger partial charge in [-0.3, -0.25) is 34.3 Å². The van der Waals surface area contributed by atoms with Crippen LogP contribution in [-0.2, 0) is 9.59 Å². The molecule has 3 atom stereocenters. The zero-order valence-electron chi connectivity index (χ0n) is 17.8. The second-order valence-electron chi connectivity index (χ2n) is 9.82. The molecule has 4 fully saturated rings. The van der Waals surface area contributed by atoms with Crippen LogP contribution >= 0.6 is 0 Å². The summed E-state index contributed by atoms with van der Waals surface area (Å²) in [6.45, 7) is 7.83. The Labute approximate surface area is 179 Å².